The third-order valence-electron chi connectivity index (χ3n) is 5.77. The molecule has 2 fully saturated rings. The Morgan fingerprint density at radius 3 is 2.37 bits per heavy atom. The van der Waals surface area contributed by atoms with Crippen LogP contribution in [0, 0.1) is 5.92 Å². The quantitative estimate of drug-likeness (QED) is 0.850. The van der Waals surface area contributed by atoms with Crippen LogP contribution in [0.5, 0.6) is 11.5 Å². The van der Waals surface area contributed by atoms with Crippen molar-refractivity contribution in [2.24, 2.45) is 5.92 Å². The SMILES string of the molecule is COc1ccc(OC)c(NC(=O)N2CCC(CN3CCCCCC3)CC2)c1. The van der Waals surface area contributed by atoms with Gasteiger partial charge in [-0.1, -0.05) is 12.8 Å². The van der Waals surface area contributed by atoms with Gasteiger partial charge in [-0.25, -0.2) is 4.79 Å². The maximum absolute atomic E-state index is 12.7. The summed E-state index contributed by atoms with van der Waals surface area (Å²) in [5.41, 5.74) is 0.647. The largest absolute Gasteiger partial charge is 0.497 e. The number of likely N-dealkylation sites (tertiary alicyclic amines) is 2. The summed E-state index contributed by atoms with van der Waals surface area (Å²) >= 11 is 0. The minimum absolute atomic E-state index is 0.0604. The molecule has 0 aromatic heterocycles. The molecule has 0 aliphatic carbocycles. The lowest BCUT2D eigenvalue weighted by Crippen LogP contribution is -2.43. The van der Waals surface area contributed by atoms with Crippen LogP contribution in [0.1, 0.15) is 38.5 Å². The zero-order valence-corrected chi connectivity index (χ0v) is 16.7. The summed E-state index contributed by atoms with van der Waals surface area (Å²) in [6.07, 6.45) is 7.59. The van der Waals surface area contributed by atoms with Crippen LogP contribution in [0.25, 0.3) is 0 Å². The minimum atomic E-state index is -0.0604. The van der Waals surface area contributed by atoms with Crippen molar-refractivity contribution in [3.05, 3.63) is 18.2 Å². The maximum Gasteiger partial charge on any atom is 0.321 e. The summed E-state index contributed by atoms with van der Waals surface area (Å²) in [6, 6.07) is 5.36. The third kappa shape index (κ3) is 5.51. The number of methoxy groups -OCH3 is 2. The van der Waals surface area contributed by atoms with Crippen molar-refractivity contribution in [3.8, 4) is 11.5 Å². The van der Waals surface area contributed by atoms with Crippen molar-refractivity contribution in [1.82, 2.24) is 9.80 Å². The van der Waals surface area contributed by atoms with Gasteiger partial charge < -0.3 is 24.6 Å². The molecule has 2 aliphatic rings. The fourth-order valence-electron chi connectivity index (χ4n) is 4.11. The molecule has 2 aliphatic heterocycles. The number of carbonyl (C=O) groups excluding carboxylic acids is 1. The predicted octanol–water partition coefficient (Wildman–Crippen LogP) is 3.82. The second-order valence-electron chi connectivity index (χ2n) is 7.64. The Hall–Kier alpha value is -1.95. The number of urea groups is 1. The van der Waals surface area contributed by atoms with Crippen LogP contribution < -0.4 is 14.8 Å². The highest BCUT2D eigenvalue weighted by Crippen LogP contribution is 2.29. The summed E-state index contributed by atoms with van der Waals surface area (Å²) in [5, 5.41) is 2.98. The molecule has 2 amide bonds. The molecule has 6 heteroatoms. The van der Waals surface area contributed by atoms with Gasteiger partial charge in [0.05, 0.1) is 19.9 Å². The molecular weight excluding hydrogens is 342 g/mol. The van der Waals surface area contributed by atoms with Crippen molar-refractivity contribution in [2.75, 3.05) is 52.3 Å². The van der Waals surface area contributed by atoms with Crippen LogP contribution >= 0.6 is 0 Å². The van der Waals surface area contributed by atoms with E-state index in [9.17, 15) is 4.79 Å². The number of nitrogens with one attached hydrogen (secondary N) is 1. The second-order valence-corrected chi connectivity index (χ2v) is 7.64. The van der Waals surface area contributed by atoms with E-state index >= 15 is 0 Å². The maximum atomic E-state index is 12.7. The number of carbonyl (C=O) groups is 1. The highest BCUT2D eigenvalue weighted by atomic mass is 16.5. The lowest BCUT2D eigenvalue weighted by atomic mass is 9.96. The molecule has 0 unspecified atom stereocenters. The Morgan fingerprint density at radius 2 is 1.74 bits per heavy atom. The number of piperidine rings is 1. The molecule has 1 N–H and O–H groups in total. The van der Waals surface area contributed by atoms with E-state index in [0.29, 0.717) is 23.1 Å². The highest BCUT2D eigenvalue weighted by Gasteiger charge is 2.25. The van der Waals surface area contributed by atoms with Crippen molar-refractivity contribution in [2.45, 2.75) is 38.5 Å². The molecule has 1 aromatic carbocycles. The molecule has 0 saturated carbocycles. The average molecular weight is 376 g/mol. The number of anilines is 1. The Kier molecular flexibility index (Phi) is 7.21. The topological polar surface area (TPSA) is 54.0 Å². The van der Waals surface area contributed by atoms with Crippen LogP contribution in [0.15, 0.2) is 18.2 Å². The average Bonchev–Trinajstić information content (AvgIpc) is 2.97. The van der Waals surface area contributed by atoms with Crippen molar-refractivity contribution in [3.63, 3.8) is 0 Å². The first kappa shape index (κ1) is 19.8. The van der Waals surface area contributed by atoms with E-state index < -0.39 is 0 Å². The number of rotatable bonds is 5. The van der Waals surface area contributed by atoms with E-state index in [2.05, 4.69) is 10.2 Å². The van der Waals surface area contributed by atoms with Gasteiger partial charge in [-0.05, 0) is 56.8 Å². The number of hydrogen-bond donors (Lipinski definition) is 1. The number of ether oxygens (including phenoxy) is 2. The molecule has 2 saturated heterocycles. The lowest BCUT2D eigenvalue weighted by Gasteiger charge is -2.34. The lowest BCUT2D eigenvalue weighted by molar-refractivity contribution is 0.155. The Balaban J connectivity index is 1.50. The van der Waals surface area contributed by atoms with E-state index in [1.165, 1.54) is 45.3 Å². The van der Waals surface area contributed by atoms with E-state index in [-0.39, 0.29) is 6.03 Å². The van der Waals surface area contributed by atoms with Crippen LogP contribution in [0.4, 0.5) is 10.5 Å². The van der Waals surface area contributed by atoms with E-state index in [1.54, 1.807) is 20.3 Å². The van der Waals surface area contributed by atoms with E-state index in [0.717, 1.165) is 25.9 Å². The van der Waals surface area contributed by atoms with Gasteiger partial charge in [-0.2, -0.15) is 0 Å². The second kappa shape index (κ2) is 9.83. The smallest absolute Gasteiger partial charge is 0.321 e. The van der Waals surface area contributed by atoms with Gasteiger partial charge in [-0.3, -0.25) is 0 Å². The summed E-state index contributed by atoms with van der Waals surface area (Å²) in [7, 11) is 3.22. The third-order valence-corrected chi connectivity index (χ3v) is 5.77. The summed E-state index contributed by atoms with van der Waals surface area (Å²) < 4.78 is 10.6. The molecule has 0 bridgehead atoms. The molecular formula is C21H33N3O3. The van der Waals surface area contributed by atoms with Gasteiger partial charge in [0.25, 0.3) is 0 Å². The molecule has 2 heterocycles. The van der Waals surface area contributed by atoms with E-state index in [1.807, 2.05) is 17.0 Å². The number of amides is 2. The number of nitrogens with zero attached hydrogens (tertiary/aromatic N) is 2. The first-order chi connectivity index (χ1) is 13.2. The molecule has 0 radical (unpaired) electrons. The molecule has 27 heavy (non-hydrogen) atoms. The first-order valence-corrected chi connectivity index (χ1v) is 10.2. The van der Waals surface area contributed by atoms with Gasteiger partial charge in [-0.15, -0.1) is 0 Å². The summed E-state index contributed by atoms with van der Waals surface area (Å²) in [5.74, 6) is 2.04. The molecule has 150 valence electrons. The van der Waals surface area contributed by atoms with Crippen LogP contribution in [0.3, 0.4) is 0 Å². The Morgan fingerprint density at radius 1 is 1.04 bits per heavy atom. The Labute approximate surface area is 162 Å². The fourth-order valence-corrected chi connectivity index (χ4v) is 4.11. The monoisotopic (exact) mass is 375 g/mol. The Bertz CT molecular complexity index is 607. The number of hydrogen-bond acceptors (Lipinski definition) is 4. The number of benzene rings is 1. The molecule has 6 nitrogen and oxygen atoms in total. The molecule has 0 spiro atoms. The molecule has 3 rings (SSSR count). The van der Waals surface area contributed by atoms with Crippen LogP contribution in [0.2, 0.25) is 0 Å². The van der Waals surface area contributed by atoms with Crippen molar-refractivity contribution in [1.29, 1.82) is 0 Å². The highest BCUT2D eigenvalue weighted by molar-refractivity contribution is 5.91. The van der Waals surface area contributed by atoms with Crippen LogP contribution in [-0.2, 0) is 0 Å². The van der Waals surface area contributed by atoms with E-state index in [4.69, 9.17) is 9.47 Å². The molecule has 0 atom stereocenters. The molecule has 1 aromatic rings. The van der Waals surface area contributed by atoms with Crippen molar-refractivity contribution >= 4 is 11.7 Å². The summed E-state index contributed by atoms with van der Waals surface area (Å²) in [6.45, 7) is 5.32. The predicted molar refractivity (Wildman–Crippen MR) is 108 cm³/mol. The van der Waals surface area contributed by atoms with Gasteiger partial charge in [0.2, 0.25) is 0 Å². The minimum Gasteiger partial charge on any atom is -0.497 e. The zero-order valence-electron chi connectivity index (χ0n) is 16.7. The fraction of sp³-hybridized carbons (Fsp3) is 0.667. The van der Waals surface area contributed by atoms with Gasteiger partial charge in [0, 0.05) is 25.7 Å². The zero-order chi connectivity index (χ0) is 19.1. The van der Waals surface area contributed by atoms with Gasteiger partial charge >= 0.3 is 6.03 Å². The van der Waals surface area contributed by atoms with Gasteiger partial charge in [0.1, 0.15) is 11.5 Å². The normalized spacial score (nSPS) is 19.4. The van der Waals surface area contributed by atoms with Gasteiger partial charge in [0.15, 0.2) is 0 Å². The standard InChI is InChI=1S/C21H33N3O3/c1-26-18-7-8-20(27-2)19(15-18)22-21(25)24-13-9-17(10-14-24)16-23-11-5-3-4-6-12-23/h7-8,15,17H,3-6,9-14,16H2,1-2H3,(H,22,25). The first-order valence-electron chi connectivity index (χ1n) is 10.2. The summed E-state index contributed by atoms with van der Waals surface area (Å²) in [4.78, 5) is 17.2. The van der Waals surface area contributed by atoms with Crippen LogP contribution in [-0.4, -0.2) is 62.8 Å². The van der Waals surface area contributed by atoms with Crippen molar-refractivity contribution < 1.29 is 14.3 Å².